The van der Waals surface area contributed by atoms with Gasteiger partial charge in [0, 0.05) is 6.20 Å². The van der Waals surface area contributed by atoms with Crippen molar-refractivity contribution in [2.45, 2.75) is 52.4 Å². The van der Waals surface area contributed by atoms with E-state index in [9.17, 15) is 4.79 Å². The second-order valence-corrected chi connectivity index (χ2v) is 11.1. The number of ether oxygens (including phenoxy) is 1. The van der Waals surface area contributed by atoms with E-state index in [-0.39, 0.29) is 11.0 Å². The van der Waals surface area contributed by atoms with Crippen LogP contribution in [0.15, 0.2) is 12.4 Å². The molecule has 1 heterocycles. The lowest BCUT2D eigenvalue weighted by Gasteiger charge is -2.36. The van der Waals surface area contributed by atoms with Crippen LogP contribution in [0.3, 0.4) is 0 Å². The summed E-state index contributed by atoms with van der Waals surface area (Å²) < 4.78 is 12.7. The van der Waals surface area contributed by atoms with Crippen LogP contribution in [-0.2, 0) is 15.7 Å². The van der Waals surface area contributed by atoms with Crippen molar-refractivity contribution in [2.24, 2.45) is 0 Å². The Hall–Kier alpha value is -1.14. The predicted octanol–water partition coefficient (Wildman–Crippen LogP) is 3.08. The van der Waals surface area contributed by atoms with Crippen LogP contribution in [0.2, 0.25) is 18.1 Å². The second-order valence-electron chi connectivity index (χ2n) is 6.32. The van der Waals surface area contributed by atoms with Crippen LogP contribution in [-0.4, -0.2) is 37.3 Å². The number of carbonyl (C=O) groups excluding carboxylic acids is 1. The van der Waals surface area contributed by atoms with Gasteiger partial charge in [0.15, 0.2) is 8.32 Å². The molecule has 0 amide bonds. The molecule has 20 heavy (non-hydrogen) atoms. The Morgan fingerprint density at radius 1 is 1.40 bits per heavy atom. The molecule has 0 fully saturated rings. The minimum absolute atomic E-state index is 0.202. The third-order valence-electron chi connectivity index (χ3n) is 3.73. The summed E-state index contributed by atoms with van der Waals surface area (Å²) in [5.74, 6) is -0.330. The highest BCUT2D eigenvalue weighted by molar-refractivity contribution is 6.74. The van der Waals surface area contributed by atoms with Crippen molar-refractivity contribution in [3.8, 4) is 0 Å². The smallest absolute Gasteiger partial charge is 0.341 e. The van der Waals surface area contributed by atoms with Crippen LogP contribution >= 0.6 is 0 Å². The number of aromatic nitrogens is 2. The molecule has 1 aromatic heterocycles. The van der Waals surface area contributed by atoms with Crippen LogP contribution in [0, 0.1) is 0 Å². The van der Waals surface area contributed by atoms with Crippen LogP contribution in [0.4, 0.5) is 0 Å². The van der Waals surface area contributed by atoms with Crippen molar-refractivity contribution in [1.82, 2.24) is 9.78 Å². The Morgan fingerprint density at radius 2 is 2.05 bits per heavy atom. The molecule has 0 aliphatic carbocycles. The highest BCUT2D eigenvalue weighted by Gasteiger charge is 2.36. The normalized spacial score (nSPS) is 12.5. The summed E-state index contributed by atoms with van der Waals surface area (Å²) >= 11 is 0. The summed E-state index contributed by atoms with van der Waals surface area (Å²) in [4.78, 5) is 11.5. The average Bonchev–Trinajstić information content (AvgIpc) is 2.76. The molecule has 1 rings (SSSR count). The average molecular weight is 298 g/mol. The van der Waals surface area contributed by atoms with Gasteiger partial charge in [-0.05, 0) is 25.1 Å². The van der Waals surface area contributed by atoms with Crippen molar-refractivity contribution in [2.75, 3.05) is 13.2 Å². The highest BCUT2D eigenvalue weighted by atomic mass is 28.4. The minimum Gasteiger partial charge on any atom is -0.462 e. The number of rotatable bonds is 6. The van der Waals surface area contributed by atoms with Gasteiger partial charge in [0.25, 0.3) is 0 Å². The summed E-state index contributed by atoms with van der Waals surface area (Å²) in [7, 11) is -1.72. The van der Waals surface area contributed by atoms with Crippen molar-refractivity contribution in [1.29, 1.82) is 0 Å². The molecule has 0 atom stereocenters. The lowest BCUT2D eigenvalue weighted by molar-refractivity contribution is 0.0526. The quantitative estimate of drug-likeness (QED) is 0.598. The van der Waals surface area contributed by atoms with Crippen LogP contribution in [0.25, 0.3) is 0 Å². The van der Waals surface area contributed by atoms with Crippen LogP contribution in [0.1, 0.15) is 38.1 Å². The van der Waals surface area contributed by atoms with E-state index in [1.54, 1.807) is 17.8 Å². The maximum atomic E-state index is 11.5. The third-order valence-corrected chi connectivity index (χ3v) is 8.27. The van der Waals surface area contributed by atoms with E-state index in [0.29, 0.717) is 25.3 Å². The maximum absolute atomic E-state index is 11.5. The lowest BCUT2D eigenvalue weighted by Crippen LogP contribution is -2.41. The van der Waals surface area contributed by atoms with Gasteiger partial charge in [-0.15, -0.1) is 0 Å². The number of hydrogen-bond donors (Lipinski definition) is 0. The van der Waals surface area contributed by atoms with Gasteiger partial charge in [-0.3, -0.25) is 4.68 Å². The van der Waals surface area contributed by atoms with E-state index in [1.165, 1.54) is 6.20 Å². The molecule has 0 aliphatic rings. The summed E-state index contributed by atoms with van der Waals surface area (Å²) in [5, 5.41) is 4.35. The SMILES string of the molecule is CCOC(=O)c1cnn(CCO[Si](C)(C)C(C)(C)C)c1. The molecule has 0 aromatic carbocycles. The zero-order chi connectivity index (χ0) is 15.4. The van der Waals surface area contributed by atoms with Crippen molar-refractivity contribution < 1.29 is 14.0 Å². The number of carbonyl (C=O) groups is 1. The van der Waals surface area contributed by atoms with Gasteiger partial charge >= 0.3 is 5.97 Å². The van der Waals surface area contributed by atoms with E-state index in [4.69, 9.17) is 9.16 Å². The van der Waals surface area contributed by atoms with E-state index in [2.05, 4.69) is 39.0 Å². The summed E-state index contributed by atoms with van der Waals surface area (Å²) in [6.45, 7) is 14.5. The fourth-order valence-electron chi connectivity index (χ4n) is 1.42. The topological polar surface area (TPSA) is 53.3 Å². The molecule has 5 nitrogen and oxygen atoms in total. The van der Waals surface area contributed by atoms with Gasteiger partial charge in [-0.25, -0.2) is 4.79 Å². The first kappa shape index (κ1) is 16.9. The molecule has 0 saturated heterocycles. The van der Waals surface area contributed by atoms with Crippen LogP contribution < -0.4 is 0 Å². The van der Waals surface area contributed by atoms with Gasteiger partial charge < -0.3 is 9.16 Å². The first-order valence-electron chi connectivity index (χ1n) is 7.01. The predicted molar refractivity (Wildman–Crippen MR) is 81.3 cm³/mol. The largest absolute Gasteiger partial charge is 0.462 e. The van der Waals surface area contributed by atoms with Gasteiger partial charge in [-0.2, -0.15) is 5.10 Å². The zero-order valence-corrected chi connectivity index (χ0v) is 14.4. The lowest BCUT2D eigenvalue weighted by atomic mass is 10.2. The van der Waals surface area contributed by atoms with E-state index >= 15 is 0 Å². The molecule has 0 saturated carbocycles. The first-order valence-corrected chi connectivity index (χ1v) is 9.92. The maximum Gasteiger partial charge on any atom is 0.341 e. The van der Waals surface area contributed by atoms with Gasteiger partial charge in [0.1, 0.15) is 0 Å². The minimum atomic E-state index is -1.72. The number of esters is 1. The van der Waals surface area contributed by atoms with Gasteiger partial charge in [-0.1, -0.05) is 20.8 Å². The molecular formula is C14H26N2O3Si. The molecule has 114 valence electrons. The van der Waals surface area contributed by atoms with Crippen molar-refractivity contribution in [3.63, 3.8) is 0 Å². The third kappa shape index (κ3) is 4.45. The summed E-state index contributed by atoms with van der Waals surface area (Å²) in [6.07, 6.45) is 3.23. The molecule has 0 N–H and O–H groups in total. The Morgan fingerprint density at radius 3 is 2.60 bits per heavy atom. The highest BCUT2D eigenvalue weighted by Crippen LogP contribution is 2.36. The van der Waals surface area contributed by atoms with Crippen molar-refractivity contribution >= 4 is 14.3 Å². The summed E-state index contributed by atoms with van der Waals surface area (Å²) in [5.41, 5.74) is 0.485. The van der Waals surface area contributed by atoms with Gasteiger partial charge in [0.2, 0.25) is 0 Å². The van der Waals surface area contributed by atoms with Crippen molar-refractivity contribution in [3.05, 3.63) is 18.0 Å². The van der Waals surface area contributed by atoms with Gasteiger partial charge in [0.05, 0.1) is 31.5 Å². The Balaban J connectivity index is 2.49. The molecule has 0 bridgehead atoms. The van der Waals surface area contributed by atoms with Crippen LogP contribution in [0.5, 0.6) is 0 Å². The molecule has 0 radical (unpaired) electrons. The van der Waals surface area contributed by atoms with E-state index < -0.39 is 8.32 Å². The molecular weight excluding hydrogens is 272 g/mol. The molecule has 1 aromatic rings. The van der Waals surface area contributed by atoms with E-state index in [1.807, 2.05) is 0 Å². The molecule has 0 spiro atoms. The monoisotopic (exact) mass is 298 g/mol. The Kier molecular flexibility index (Phi) is 5.53. The fourth-order valence-corrected chi connectivity index (χ4v) is 2.45. The molecule has 6 heteroatoms. The molecule has 0 unspecified atom stereocenters. The molecule has 0 aliphatic heterocycles. The van der Waals surface area contributed by atoms with E-state index in [0.717, 1.165) is 0 Å². The Bertz CT molecular complexity index is 450. The summed E-state index contributed by atoms with van der Waals surface area (Å²) in [6, 6.07) is 0. The fraction of sp³-hybridized carbons (Fsp3) is 0.714. The zero-order valence-electron chi connectivity index (χ0n) is 13.4. The number of nitrogens with zero attached hydrogens (tertiary/aromatic N) is 2. The standard InChI is InChI=1S/C14H26N2O3Si/c1-7-18-13(17)12-10-15-16(11-12)8-9-19-20(5,6)14(2,3)4/h10-11H,7-9H2,1-6H3. The Labute approximate surface area is 122 Å². The number of hydrogen-bond acceptors (Lipinski definition) is 4. The second kappa shape index (κ2) is 6.54. The first-order chi connectivity index (χ1) is 9.17.